The van der Waals surface area contributed by atoms with E-state index in [-0.39, 0.29) is 6.07 Å². The first-order valence-electron chi connectivity index (χ1n) is 3.27. The number of esters is 1. The van der Waals surface area contributed by atoms with Crippen molar-refractivity contribution in [1.82, 2.24) is 5.32 Å². The zero-order chi connectivity index (χ0) is 8.69. The van der Waals surface area contributed by atoms with Crippen LogP contribution in [0.15, 0.2) is 12.2 Å². The minimum absolute atomic E-state index is 0.114. The van der Waals surface area contributed by atoms with Gasteiger partial charge in [0, 0.05) is 5.57 Å². The lowest BCUT2D eigenvalue weighted by Crippen LogP contribution is -2.13. The topological polar surface area (TPSA) is 38.3 Å². The van der Waals surface area contributed by atoms with Crippen molar-refractivity contribution in [2.24, 2.45) is 0 Å². The van der Waals surface area contributed by atoms with Crippen LogP contribution in [-0.4, -0.2) is 25.6 Å². The third kappa shape index (κ3) is 4.81. The Morgan fingerprint density at radius 1 is 1.73 bits per heavy atom. The van der Waals surface area contributed by atoms with Gasteiger partial charge in [-0.3, -0.25) is 0 Å². The summed E-state index contributed by atoms with van der Waals surface area (Å²) in [5.74, 6) is -0.421. The van der Waals surface area contributed by atoms with Gasteiger partial charge in [-0.25, -0.2) is 4.79 Å². The Morgan fingerprint density at radius 3 is 2.82 bits per heavy atom. The van der Waals surface area contributed by atoms with E-state index >= 15 is 0 Å². The van der Waals surface area contributed by atoms with Crippen LogP contribution in [0.25, 0.3) is 0 Å². The molecule has 1 N–H and O–H groups in total. The fraction of sp³-hybridized carbons (Fsp3) is 0.571. The van der Waals surface area contributed by atoms with Crippen LogP contribution < -0.4 is 5.32 Å². The third-order valence-electron chi connectivity index (χ3n) is 1.15. The minimum atomic E-state index is -0.421. The van der Waals surface area contributed by atoms with Crippen molar-refractivity contribution in [1.29, 1.82) is 0 Å². The molecule has 0 aliphatic rings. The summed E-state index contributed by atoms with van der Waals surface area (Å²) in [4.78, 5) is 10.8. The maximum absolute atomic E-state index is 10.8. The average Bonchev–Trinajstić information content (AvgIpc) is 2.00. The molecule has 0 fully saturated rings. The normalized spacial score (nSPS) is 9.27. The Kier molecular flexibility index (Phi) is 5.88. The zero-order valence-corrected chi connectivity index (χ0v) is 7.28. The molecule has 3 nitrogen and oxygen atoms in total. The van der Waals surface area contributed by atoms with E-state index in [9.17, 15) is 4.79 Å². The molecule has 11 heavy (non-hydrogen) atoms. The van der Waals surface area contributed by atoms with Gasteiger partial charge in [-0.15, -0.1) is 0 Å². The number of hydrogen-bond donors (Lipinski definition) is 1. The van der Waals surface area contributed by atoms with Gasteiger partial charge in [-0.05, 0) is 20.0 Å². The lowest BCUT2D eigenvalue weighted by atomic mass is 10.2. The van der Waals surface area contributed by atoms with Gasteiger partial charge in [0.1, 0.15) is 0 Å². The molecule has 0 aromatic rings. The van der Waals surface area contributed by atoms with E-state index in [4.69, 9.17) is 11.6 Å². The number of hydrogen-bond acceptors (Lipinski definition) is 3. The summed E-state index contributed by atoms with van der Waals surface area (Å²) in [6.07, 6.45) is 0.590. The molecule has 0 bridgehead atoms. The molecule has 0 unspecified atom stereocenters. The summed E-state index contributed by atoms with van der Waals surface area (Å²) in [7, 11) is 1.81. The summed E-state index contributed by atoms with van der Waals surface area (Å²) < 4.78 is 4.50. The quantitative estimate of drug-likeness (QED) is 0.385. The van der Waals surface area contributed by atoms with E-state index < -0.39 is 5.97 Å². The van der Waals surface area contributed by atoms with Crippen molar-refractivity contribution in [2.45, 2.75) is 6.42 Å². The Labute approximate surface area is 71.4 Å². The molecule has 0 atom stereocenters. The molecule has 0 saturated carbocycles. The van der Waals surface area contributed by atoms with Crippen molar-refractivity contribution in [3.63, 3.8) is 0 Å². The van der Waals surface area contributed by atoms with Crippen molar-refractivity contribution in [3.8, 4) is 0 Å². The molecular formula is C7H12ClNO2. The van der Waals surface area contributed by atoms with Crippen LogP contribution in [0, 0.1) is 0 Å². The van der Waals surface area contributed by atoms with Crippen molar-refractivity contribution >= 4 is 17.6 Å². The Bertz CT molecular complexity index is 147. The fourth-order valence-corrected chi connectivity index (χ4v) is 0.629. The molecule has 64 valence electrons. The molecule has 0 aromatic heterocycles. The number of alkyl halides is 1. The summed E-state index contributed by atoms with van der Waals surface area (Å²) >= 11 is 5.17. The SMILES string of the molecule is C=C(CCNC)C(=O)OCCl. The molecule has 0 aromatic carbocycles. The third-order valence-corrected chi connectivity index (χ3v) is 1.26. The number of carbonyl (C=O) groups excluding carboxylic acids is 1. The first-order valence-corrected chi connectivity index (χ1v) is 3.81. The maximum atomic E-state index is 10.8. The fourth-order valence-electron chi connectivity index (χ4n) is 0.530. The Balaban J connectivity index is 3.56. The number of rotatable bonds is 5. The molecule has 0 saturated heterocycles. The summed E-state index contributed by atoms with van der Waals surface area (Å²) in [5.41, 5.74) is 0.444. The number of ether oxygens (including phenoxy) is 1. The van der Waals surface area contributed by atoms with Gasteiger partial charge < -0.3 is 10.1 Å². The van der Waals surface area contributed by atoms with E-state index in [0.29, 0.717) is 12.0 Å². The van der Waals surface area contributed by atoms with Crippen LogP contribution in [0.3, 0.4) is 0 Å². The highest BCUT2D eigenvalue weighted by Gasteiger charge is 2.05. The predicted molar refractivity (Wildman–Crippen MR) is 44.5 cm³/mol. The van der Waals surface area contributed by atoms with Gasteiger partial charge in [0.2, 0.25) is 0 Å². The van der Waals surface area contributed by atoms with Crippen LogP contribution in [0.1, 0.15) is 6.42 Å². The van der Waals surface area contributed by atoms with Gasteiger partial charge >= 0.3 is 5.97 Å². The zero-order valence-electron chi connectivity index (χ0n) is 6.52. The number of nitrogens with one attached hydrogen (secondary N) is 1. The Morgan fingerprint density at radius 2 is 2.36 bits per heavy atom. The van der Waals surface area contributed by atoms with E-state index in [1.54, 1.807) is 7.05 Å². The molecule has 0 radical (unpaired) electrons. The highest BCUT2D eigenvalue weighted by Crippen LogP contribution is 1.99. The number of halogens is 1. The molecule has 0 spiro atoms. The van der Waals surface area contributed by atoms with Gasteiger partial charge in [0.25, 0.3) is 0 Å². The van der Waals surface area contributed by atoms with E-state index in [2.05, 4.69) is 16.6 Å². The second kappa shape index (κ2) is 6.19. The first-order chi connectivity index (χ1) is 5.22. The van der Waals surface area contributed by atoms with Crippen LogP contribution in [0.5, 0.6) is 0 Å². The number of carbonyl (C=O) groups is 1. The second-order valence-electron chi connectivity index (χ2n) is 2.00. The average molecular weight is 178 g/mol. The van der Waals surface area contributed by atoms with Gasteiger partial charge in [-0.2, -0.15) is 0 Å². The van der Waals surface area contributed by atoms with E-state index in [0.717, 1.165) is 6.54 Å². The summed E-state index contributed by atoms with van der Waals surface area (Å²) in [6.45, 7) is 4.26. The highest BCUT2D eigenvalue weighted by atomic mass is 35.5. The summed E-state index contributed by atoms with van der Waals surface area (Å²) in [5, 5.41) is 2.89. The van der Waals surface area contributed by atoms with Crippen molar-refractivity contribution in [3.05, 3.63) is 12.2 Å². The van der Waals surface area contributed by atoms with Crippen LogP contribution in [0.2, 0.25) is 0 Å². The smallest absolute Gasteiger partial charge is 0.334 e. The van der Waals surface area contributed by atoms with Gasteiger partial charge in [0.15, 0.2) is 6.07 Å². The predicted octanol–water partition coefficient (Wildman–Crippen LogP) is 0.892. The van der Waals surface area contributed by atoms with Crippen LogP contribution >= 0.6 is 11.6 Å². The minimum Gasteiger partial charge on any atom is -0.446 e. The lowest BCUT2D eigenvalue weighted by Gasteiger charge is -2.02. The van der Waals surface area contributed by atoms with Gasteiger partial charge in [0.05, 0.1) is 0 Å². The molecule has 0 aliphatic carbocycles. The highest BCUT2D eigenvalue weighted by molar-refractivity contribution is 6.17. The first kappa shape index (κ1) is 10.5. The van der Waals surface area contributed by atoms with Crippen LogP contribution in [-0.2, 0) is 9.53 Å². The molecule has 0 heterocycles. The molecule has 0 amide bonds. The van der Waals surface area contributed by atoms with Crippen LogP contribution in [0.4, 0.5) is 0 Å². The maximum Gasteiger partial charge on any atom is 0.334 e. The lowest BCUT2D eigenvalue weighted by molar-refractivity contribution is -0.137. The second-order valence-corrected chi connectivity index (χ2v) is 2.22. The largest absolute Gasteiger partial charge is 0.446 e. The van der Waals surface area contributed by atoms with Gasteiger partial charge in [-0.1, -0.05) is 18.2 Å². The molecular weight excluding hydrogens is 166 g/mol. The van der Waals surface area contributed by atoms with E-state index in [1.807, 2.05) is 0 Å². The summed E-state index contributed by atoms with van der Waals surface area (Å²) in [6, 6.07) is -0.114. The molecule has 4 heteroatoms. The molecule has 0 aliphatic heterocycles. The standard InChI is InChI=1S/C7H12ClNO2/c1-6(3-4-9-2)7(10)11-5-8/h9H,1,3-5H2,2H3. The van der Waals surface area contributed by atoms with Crippen molar-refractivity contribution in [2.75, 3.05) is 19.7 Å². The Hall–Kier alpha value is -0.540. The molecule has 0 rings (SSSR count). The van der Waals surface area contributed by atoms with E-state index in [1.165, 1.54) is 0 Å². The monoisotopic (exact) mass is 177 g/mol. The van der Waals surface area contributed by atoms with Crippen molar-refractivity contribution < 1.29 is 9.53 Å².